The molecule has 10 rings (SSSR count). The molecular formula is C53H36. The van der Waals surface area contributed by atoms with Gasteiger partial charge in [0.15, 0.2) is 0 Å². The van der Waals surface area contributed by atoms with Crippen LogP contribution in [0.3, 0.4) is 0 Å². The average Bonchev–Trinajstić information content (AvgIpc) is 3.55. The smallest absolute Gasteiger partial charge is 0.0622 e. The molecule has 0 aromatic heterocycles. The predicted octanol–water partition coefficient (Wildman–Crippen LogP) is 13.9. The lowest BCUT2D eigenvalue weighted by Crippen LogP contribution is -2.28. The van der Waals surface area contributed by atoms with Gasteiger partial charge in [0.1, 0.15) is 0 Å². The largest absolute Gasteiger partial charge is 0.0713 e. The van der Waals surface area contributed by atoms with Gasteiger partial charge in [0, 0.05) is 0 Å². The zero-order chi connectivity index (χ0) is 35.2. The maximum Gasteiger partial charge on any atom is 0.0713 e. The van der Waals surface area contributed by atoms with Crippen molar-refractivity contribution in [1.29, 1.82) is 0 Å². The van der Waals surface area contributed by atoms with Gasteiger partial charge in [-0.15, -0.1) is 0 Å². The summed E-state index contributed by atoms with van der Waals surface area (Å²) in [5, 5.41) is 2.51. The Morgan fingerprint density at radius 2 is 0.698 bits per heavy atom. The Labute approximate surface area is 311 Å². The summed E-state index contributed by atoms with van der Waals surface area (Å²) in [5.74, 6) is 0. The van der Waals surface area contributed by atoms with Gasteiger partial charge in [0.25, 0.3) is 0 Å². The van der Waals surface area contributed by atoms with Crippen molar-refractivity contribution in [3.63, 3.8) is 0 Å². The highest BCUT2D eigenvalue weighted by Gasteiger charge is 2.46. The number of benzene rings is 9. The van der Waals surface area contributed by atoms with Gasteiger partial charge in [-0.25, -0.2) is 0 Å². The van der Waals surface area contributed by atoms with Crippen molar-refractivity contribution < 1.29 is 0 Å². The Bertz CT molecular complexity index is 2760. The van der Waals surface area contributed by atoms with Crippen LogP contribution in [0, 0.1) is 0 Å². The molecule has 1 aliphatic carbocycles. The second-order valence-corrected chi connectivity index (χ2v) is 14.1. The summed E-state index contributed by atoms with van der Waals surface area (Å²) in [4.78, 5) is 0. The molecule has 0 bridgehead atoms. The van der Waals surface area contributed by atoms with E-state index in [0.717, 1.165) is 0 Å². The van der Waals surface area contributed by atoms with E-state index in [1.54, 1.807) is 0 Å². The molecule has 0 spiro atoms. The fourth-order valence-electron chi connectivity index (χ4n) is 8.60. The summed E-state index contributed by atoms with van der Waals surface area (Å²) in [5.41, 5.74) is 17.1. The van der Waals surface area contributed by atoms with Crippen LogP contribution in [0.4, 0.5) is 0 Å². The monoisotopic (exact) mass is 672 g/mol. The summed E-state index contributed by atoms with van der Waals surface area (Å²) in [6.07, 6.45) is 0. The van der Waals surface area contributed by atoms with Gasteiger partial charge in [-0.2, -0.15) is 0 Å². The molecule has 0 saturated carbocycles. The number of hydrogen-bond acceptors (Lipinski definition) is 0. The minimum Gasteiger partial charge on any atom is -0.0622 e. The van der Waals surface area contributed by atoms with Crippen LogP contribution in [0.1, 0.15) is 22.3 Å². The fraction of sp³-hybridized carbons (Fsp3) is 0.0189. The van der Waals surface area contributed by atoms with E-state index < -0.39 is 5.41 Å². The van der Waals surface area contributed by atoms with Gasteiger partial charge in [0.2, 0.25) is 0 Å². The van der Waals surface area contributed by atoms with E-state index in [0.29, 0.717) is 0 Å². The summed E-state index contributed by atoms with van der Waals surface area (Å²) in [7, 11) is 0. The molecule has 9 aromatic carbocycles. The van der Waals surface area contributed by atoms with Crippen LogP contribution < -0.4 is 0 Å². The van der Waals surface area contributed by atoms with Crippen LogP contribution in [0.2, 0.25) is 0 Å². The van der Waals surface area contributed by atoms with Crippen LogP contribution >= 0.6 is 0 Å². The Balaban J connectivity index is 1.07. The van der Waals surface area contributed by atoms with E-state index in [-0.39, 0.29) is 0 Å². The molecule has 9 aromatic rings. The molecule has 0 N–H and O–H groups in total. The fourth-order valence-corrected chi connectivity index (χ4v) is 8.60. The second kappa shape index (κ2) is 12.8. The molecular weight excluding hydrogens is 637 g/mol. The SMILES string of the molecule is c1ccc(-c2cccc(-c3ccc(-c4cccc(-c5ccc6c(c5)C(c5ccccc5)(c5ccc7ccccc7c5)c5ccccc5-6)c4)cc3)c2)cc1. The first-order valence-electron chi connectivity index (χ1n) is 18.4. The van der Waals surface area contributed by atoms with Gasteiger partial charge >= 0.3 is 0 Å². The van der Waals surface area contributed by atoms with Crippen LogP contribution in [0.25, 0.3) is 66.4 Å². The van der Waals surface area contributed by atoms with E-state index in [1.165, 1.54) is 88.7 Å². The number of hydrogen-bond donors (Lipinski definition) is 0. The highest BCUT2D eigenvalue weighted by molar-refractivity contribution is 5.91. The maximum absolute atomic E-state index is 2.46. The van der Waals surface area contributed by atoms with Gasteiger partial charge < -0.3 is 0 Å². The van der Waals surface area contributed by atoms with Gasteiger partial charge in [-0.1, -0.05) is 194 Å². The Kier molecular flexibility index (Phi) is 7.48. The lowest BCUT2D eigenvalue weighted by molar-refractivity contribution is 0.770. The molecule has 0 saturated heterocycles. The van der Waals surface area contributed by atoms with E-state index in [2.05, 4.69) is 218 Å². The third-order valence-electron chi connectivity index (χ3n) is 11.2. The zero-order valence-corrected chi connectivity index (χ0v) is 29.3. The van der Waals surface area contributed by atoms with Crippen molar-refractivity contribution in [3.8, 4) is 55.6 Å². The zero-order valence-electron chi connectivity index (χ0n) is 29.3. The summed E-state index contributed by atoms with van der Waals surface area (Å²) < 4.78 is 0. The Morgan fingerprint density at radius 1 is 0.226 bits per heavy atom. The quantitative estimate of drug-likeness (QED) is 0.165. The van der Waals surface area contributed by atoms with Gasteiger partial charge in [-0.3, -0.25) is 0 Å². The predicted molar refractivity (Wildman–Crippen MR) is 223 cm³/mol. The normalized spacial score (nSPS) is 14.5. The van der Waals surface area contributed by atoms with Crippen LogP contribution in [-0.2, 0) is 5.41 Å². The Morgan fingerprint density at radius 3 is 1.38 bits per heavy atom. The highest BCUT2D eigenvalue weighted by Crippen LogP contribution is 2.57. The molecule has 1 unspecified atom stereocenters. The molecule has 0 aliphatic heterocycles. The minimum atomic E-state index is -0.460. The summed E-state index contributed by atoms with van der Waals surface area (Å²) in [6.45, 7) is 0. The third-order valence-corrected chi connectivity index (χ3v) is 11.2. The van der Waals surface area contributed by atoms with Crippen molar-refractivity contribution in [2.45, 2.75) is 5.41 Å². The van der Waals surface area contributed by atoms with Crippen molar-refractivity contribution in [1.82, 2.24) is 0 Å². The second-order valence-electron chi connectivity index (χ2n) is 14.1. The highest BCUT2D eigenvalue weighted by atomic mass is 14.5. The van der Waals surface area contributed by atoms with Crippen molar-refractivity contribution in [2.24, 2.45) is 0 Å². The van der Waals surface area contributed by atoms with Crippen LogP contribution in [0.5, 0.6) is 0 Å². The molecule has 53 heavy (non-hydrogen) atoms. The van der Waals surface area contributed by atoms with Crippen LogP contribution in [-0.4, -0.2) is 0 Å². The number of rotatable bonds is 6. The first-order chi connectivity index (χ1) is 26.3. The molecule has 0 fully saturated rings. The van der Waals surface area contributed by atoms with Crippen molar-refractivity contribution in [2.75, 3.05) is 0 Å². The van der Waals surface area contributed by atoms with E-state index >= 15 is 0 Å². The van der Waals surface area contributed by atoms with E-state index in [1.807, 2.05) is 0 Å². The number of fused-ring (bicyclic) bond motifs is 4. The topological polar surface area (TPSA) is 0 Å². The molecule has 0 amide bonds. The standard InChI is InChI=1S/C53H36/c1-3-13-37(14-4-1)41-17-11-18-42(33-41)39-25-27-40(28-26-39)43-19-12-20-44(34-43)46-30-32-50-49-23-9-10-24-51(49)53(52(50)36-46,47-21-5-2-6-22-47)48-31-29-38-15-7-8-16-45(38)35-48/h1-36H. The first-order valence-corrected chi connectivity index (χ1v) is 18.4. The maximum atomic E-state index is 2.46. The van der Waals surface area contributed by atoms with Crippen molar-refractivity contribution >= 4 is 10.8 Å². The Hall–Kier alpha value is -6.76. The molecule has 0 heterocycles. The lowest BCUT2D eigenvalue weighted by atomic mass is 9.67. The van der Waals surface area contributed by atoms with E-state index in [9.17, 15) is 0 Å². The van der Waals surface area contributed by atoms with Gasteiger partial charge in [0.05, 0.1) is 5.41 Å². The molecule has 0 radical (unpaired) electrons. The molecule has 0 nitrogen and oxygen atoms in total. The lowest BCUT2D eigenvalue weighted by Gasteiger charge is -2.34. The molecule has 0 heteroatoms. The minimum absolute atomic E-state index is 0.460. The molecule has 1 aliphatic rings. The molecule has 1 atom stereocenters. The van der Waals surface area contributed by atoms with E-state index in [4.69, 9.17) is 0 Å². The summed E-state index contributed by atoms with van der Waals surface area (Å²) >= 11 is 0. The third kappa shape index (κ3) is 5.22. The summed E-state index contributed by atoms with van der Waals surface area (Å²) in [6, 6.07) is 80.3. The average molecular weight is 673 g/mol. The molecule has 248 valence electrons. The van der Waals surface area contributed by atoms with Crippen LogP contribution in [0.15, 0.2) is 218 Å². The first kappa shape index (κ1) is 31.0. The van der Waals surface area contributed by atoms with Crippen molar-refractivity contribution in [3.05, 3.63) is 241 Å². The van der Waals surface area contributed by atoms with Gasteiger partial charge in [-0.05, 0) is 113 Å².